The van der Waals surface area contributed by atoms with Crippen molar-refractivity contribution in [2.45, 2.75) is 39.4 Å². The normalized spacial score (nSPS) is 20.3. The van der Waals surface area contributed by atoms with Gasteiger partial charge in [-0.15, -0.1) is 0 Å². The zero-order chi connectivity index (χ0) is 18.1. The fraction of sp³-hybridized carbons (Fsp3) is 0.421. The number of aryl methyl sites for hydroxylation is 2. The summed E-state index contributed by atoms with van der Waals surface area (Å²) in [6.07, 6.45) is -0.945. The smallest absolute Gasteiger partial charge is 0.296 e. The molecule has 1 aliphatic heterocycles. The summed E-state index contributed by atoms with van der Waals surface area (Å²) in [5.74, 6) is 4.09. The van der Waals surface area contributed by atoms with Gasteiger partial charge in [0.2, 0.25) is 0 Å². The molecule has 1 saturated heterocycles. The molecule has 0 aliphatic carbocycles. The first-order chi connectivity index (χ1) is 11.9. The minimum Gasteiger partial charge on any atom is -0.364 e. The molecule has 25 heavy (non-hydrogen) atoms. The number of piperidine rings is 1. The standard InChI is InChI=1S/C19H21F2N3O/c1-4-5-17(25)23-14-8-13(20)9-24(10-14)19-15(21)6-7-16-18(19)11(2)12(3)22-16/h6-7,13-14,22H,8-10H2,1-3H3,(H,23,25)/t13-,14-/m0/s1. The third kappa shape index (κ3) is 3.32. The van der Waals surface area contributed by atoms with Crippen LogP contribution in [-0.2, 0) is 4.79 Å². The van der Waals surface area contributed by atoms with Crippen LogP contribution < -0.4 is 10.2 Å². The first-order valence-corrected chi connectivity index (χ1v) is 8.30. The van der Waals surface area contributed by atoms with Crippen LogP contribution in [0.1, 0.15) is 24.6 Å². The van der Waals surface area contributed by atoms with Crippen molar-refractivity contribution in [3.63, 3.8) is 0 Å². The van der Waals surface area contributed by atoms with Gasteiger partial charge in [0.1, 0.15) is 12.0 Å². The van der Waals surface area contributed by atoms with E-state index in [0.717, 1.165) is 22.2 Å². The van der Waals surface area contributed by atoms with Crippen molar-refractivity contribution in [3.05, 3.63) is 29.2 Å². The number of anilines is 1. The Morgan fingerprint density at radius 2 is 2.12 bits per heavy atom. The largest absolute Gasteiger partial charge is 0.364 e. The number of carbonyl (C=O) groups excluding carboxylic acids is 1. The van der Waals surface area contributed by atoms with Gasteiger partial charge < -0.3 is 15.2 Å². The first-order valence-electron chi connectivity index (χ1n) is 8.30. The molecule has 0 saturated carbocycles. The number of carbonyl (C=O) groups is 1. The Labute approximate surface area is 145 Å². The second-order valence-electron chi connectivity index (χ2n) is 6.48. The number of hydrogen-bond acceptors (Lipinski definition) is 2. The SMILES string of the molecule is CC#CC(=O)N[C@H]1C[C@H](F)CN(c2c(F)ccc3[nH]c(C)c(C)c23)C1. The predicted molar refractivity (Wildman–Crippen MR) is 94.8 cm³/mol. The molecule has 2 atom stereocenters. The molecule has 1 amide bonds. The van der Waals surface area contributed by atoms with E-state index in [1.165, 1.54) is 6.07 Å². The Morgan fingerprint density at radius 3 is 2.84 bits per heavy atom. The molecular weight excluding hydrogens is 324 g/mol. The van der Waals surface area contributed by atoms with E-state index in [1.54, 1.807) is 17.9 Å². The van der Waals surface area contributed by atoms with Gasteiger partial charge in [0.25, 0.3) is 5.91 Å². The number of amides is 1. The zero-order valence-electron chi connectivity index (χ0n) is 14.5. The minimum atomic E-state index is -1.15. The highest BCUT2D eigenvalue weighted by Crippen LogP contribution is 2.35. The van der Waals surface area contributed by atoms with Gasteiger partial charge in [0.15, 0.2) is 0 Å². The van der Waals surface area contributed by atoms with Crippen molar-refractivity contribution in [2.75, 3.05) is 18.0 Å². The van der Waals surface area contributed by atoms with Crippen molar-refractivity contribution in [3.8, 4) is 11.8 Å². The number of nitrogens with zero attached hydrogens (tertiary/aromatic N) is 1. The van der Waals surface area contributed by atoms with Gasteiger partial charge in [-0.1, -0.05) is 5.92 Å². The molecule has 4 nitrogen and oxygen atoms in total. The van der Waals surface area contributed by atoms with E-state index in [9.17, 15) is 13.6 Å². The molecule has 0 spiro atoms. The van der Waals surface area contributed by atoms with Crippen LogP contribution in [0.5, 0.6) is 0 Å². The summed E-state index contributed by atoms with van der Waals surface area (Å²) in [6.45, 7) is 5.86. The molecule has 0 bridgehead atoms. The number of aromatic amines is 1. The van der Waals surface area contributed by atoms with Crippen LogP contribution >= 0.6 is 0 Å². The summed E-state index contributed by atoms with van der Waals surface area (Å²) in [5.41, 5.74) is 3.12. The topological polar surface area (TPSA) is 48.1 Å². The molecule has 1 aromatic carbocycles. The molecule has 1 aliphatic rings. The summed E-state index contributed by atoms with van der Waals surface area (Å²) in [6, 6.07) is 2.68. The molecule has 2 N–H and O–H groups in total. The van der Waals surface area contributed by atoms with Crippen LogP contribution in [-0.4, -0.2) is 36.2 Å². The predicted octanol–water partition coefficient (Wildman–Crippen LogP) is 2.98. The quantitative estimate of drug-likeness (QED) is 0.822. The lowest BCUT2D eigenvalue weighted by molar-refractivity contribution is -0.116. The molecule has 3 rings (SSSR count). The van der Waals surface area contributed by atoms with Gasteiger partial charge in [-0.25, -0.2) is 8.78 Å². The number of aromatic nitrogens is 1. The van der Waals surface area contributed by atoms with E-state index in [4.69, 9.17) is 0 Å². The van der Waals surface area contributed by atoms with Crippen LogP contribution in [0, 0.1) is 31.5 Å². The highest BCUT2D eigenvalue weighted by molar-refractivity contribution is 5.97. The lowest BCUT2D eigenvalue weighted by Gasteiger charge is -2.36. The van der Waals surface area contributed by atoms with E-state index in [1.807, 2.05) is 13.8 Å². The monoisotopic (exact) mass is 345 g/mol. The van der Waals surface area contributed by atoms with Crippen molar-refractivity contribution in [1.82, 2.24) is 10.3 Å². The fourth-order valence-electron chi connectivity index (χ4n) is 3.50. The Morgan fingerprint density at radius 1 is 1.36 bits per heavy atom. The number of hydrogen-bond donors (Lipinski definition) is 2. The number of H-pyrrole nitrogens is 1. The molecule has 2 heterocycles. The van der Waals surface area contributed by atoms with Gasteiger partial charge in [0, 0.05) is 36.1 Å². The van der Waals surface area contributed by atoms with Crippen LogP contribution in [0.2, 0.25) is 0 Å². The highest BCUT2D eigenvalue weighted by atomic mass is 19.1. The highest BCUT2D eigenvalue weighted by Gasteiger charge is 2.31. The Balaban J connectivity index is 1.97. The fourth-order valence-corrected chi connectivity index (χ4v) is 3.50. The summed E-state index contributed by atoms with van der Waals surface area (Å²) in [4.78, 5) is 16.6. The van der Waals surface area contributed by atoms with Gasteiger partial charge >= 0.3 is 0 Å². The molecule has 132 valence electrons. The van der Waals surface area contributed by atoms with Gasteiger partial charge in [-0.2, -0.15) is 0 Å². The molecule has 6 heteroatoms. The number of fused-ring (bicyclic) bond motifs is 1. The number of halogens is 2. The van der Waals surface area contributed by atoms with Crippen LogP contribution in [0.25, 0.3) is 10.9 Å². The molecule has 1 fully saturated rings. The Bertz CT molecular complexity index is 878. The lowest BCUT2D eigenvalue weighted by Crippen LogP contribution is -2.51. The Kier molecular flexibility index (Phi) is 4.67. The number of nitrogens with one attached hydrogen (secondary N) is 2. The summed E-state index contributed by atoms with van der Waals surface area (Å²) < 4.78 is 28.9. The Hall–Kier alpha value is -2.55. The summed E-state index contributed by atoms with van der Waals surface area (Å²) >= 11 is 0. The van der Waals surface area contributed by atoms with Crippen LogP contribution in [0.15, 0.2) is 12.1 Å². The minimum absolute atomic E-state index is 0.103. The maximum absolute atomic E-state index is 14.6. The maximum atomic E-state index is 14.6. The third-order valence-electron chi connectivity index (χ3n) is 4.68. The second kappa shape index (κ2) is 6.75. The average Bonchev–Trinajstić information content (AvgIpc) is 2.82. The van der Waals surface area contributed by atoms with Crippen molar-refractivity contribution >= 4 is 22.5 Å². The maximum Gasteiger partial charge on any atom is 0.296 e. The van der Waals surface area contributed by atoms with Gasteiger partial charge in [0.05, 0.1) is 11.7 Å². The first kappa shape index (κ1) is 17.3. The van der Waals surface area contributed by atoms with E-state index in [-0.39, 0.29) is 18.8 Å². The van der Waals surface area contributed by atoms with Crippen molar-refractivity contribution in [1.29, 1.82) is 0 Å². The number of rotatable bonds is 2. The van der Waals surface area contributed by atoms with Crippen LogP contribution in [0.3, 0.4) is 0 Å². The van der Waals surface area contributed by atoms with E-state index in [2.05, 4.69) is 22.1 Å². The van der Waals surface area contributed by atoms with Crippen LogP contribution in [0.4, 0.5) is 14.5 Å². The second-order valence-corrected chi connectivity index (χ2v) is 6.48. The zero-order valence-corrected chi connectivity index (χ0v) is 14.5. The molecule has 0 radical (unpaired) electrons. The summed E-state index contributed by atoms with van der Waals surface area (Å²) in [7, 11) is 0. The molecular formula is C19H21F2N3O. The third-order valence-corrected chi connectivity index (χ3v) is 4.68. The van der Waals surface area contributed by atoms with Gasteiger partial charge in [-0.3, -0.25) is 4.79 Å². The molecule has 1 aromatic heterocycles. The molecule has 0 unspecified atom stereocenters. The average molecular weight is 345 g/mol. The van der Waals surface area contributed by atoms with Crippen molar-refractivity contribution in [2.24, 2.45) is 0 Å². The van der Waals surface area contributed by atoms with Crippen molar-refractivity contribution < 1.29 is 13.6 Å². The van der Waals surface area contributed by atoms with E-state index >= 15 is 0 Å². The molecule has 2 aromatic rings. The van der Waals surface area contributed by atoms with E-state index in [0.29, 0.717) is 12.2 Å². The van der Waals surface area contributed by atoms with E-state index < -0.39 is 18.1 Å². The van der Waals surface area contributed by atoms with Gasteiger partial charge in [-0.05, 0) is 44.4 Å². The number of alkyl halides is 1. The lowest BCUT2D eigenvalue weighted by atomic mass is 10.0. The number of benzene rings is 1. The summed E-state index contributed by atoms with van der Waals surface area (Å²) in [5, 5.41) is 3.48.